The van der Waals surface area contributed by atoms with E-state index in [1.54, 1.807) is 7.11 Å². The van der Waals surface area contributed by atoms with Crippen LogP contribution in [0.25, 0.3) is 0 Å². The number of halogens is 1. The van der Waals surface area contributed by atoms with E-state index in [2.05, 4.69) is 0 Å². The summed E-state index contributed by atoms with van der Waals surface area (Å²) in [6, 6.07) is 15.1. The highest BCUT2D eigenvalue weighted by atomic mass is 35.5. The molecule has 4 heteroatoms. The maximum Gasteiger partial charge on any atom is 0.161 e. The van der Waals surface area contributed by atoms with Gasteiger partial charge in [-0.3, -0.25) is 0 Å². The van der Waals surface area contributed by atoms with Gasteiger partial charge in [0.05, 0.1) is 20.3 Å². The van der Waals surface area contributed by atoms with Gasteiger partial charge in [-0.2, -0.15) is 0 Å². The molecule has 1 atom stereocenters. The van der Waals surface area contributed by atoms with Gasteiger partial charge in [-0.15, -0.1) is 0 Å². The van der Waals surface area contributed by atoms with Gasteiger partial charge < -0.3 is 14.6 Å². The molecule has 0 aromatic heterocycles. The summed E-state index contributed by atoms with van der Waals surface area (Å²) in [6.07, 6.45) is 0.718. The van der Waals surface area contributed by atoms with Crippen molar-refractivity contribution >= 4 is 11.6 Å². The van der Waals surface area contributed by atoms with Crippen molar-refractivity contribution in [1.29, 1.82) is 0 Å². The van der Waals surface area contributed by atoms with E-state index in [0.29, 0.717) is 23.1 Å². The molecule has 0 bridgehead atoms. The van der Waals surface area contributed by atoms with Gasteiger partial charge in [0.15, 0.2) is 11.5 Å². The smallest absolute Gasteiger partial charge is 0.161 e. The number of ether oxygens (including phenoxy) is 2. The largest absolute Gasteiger partial charge is 0.493 e. The zero-order valence-corrected chi connectivity index (χ0v) is 12.7. The van der Waals surface area contributed by atoms with Crippen molar-refractivity contribution in [2.45, 2.75) is 12.3 Å². The fourth-order valence-corrected chi connectivity index (χ4v) is 2.27. The first-order valence-corrected chi connectivity index (χ1v) is 7.24. The molecule has 3 nitrogen and oxygen atoms in total. The number of hydrogen-bond acceptors (Lipinski definition) is 3. The van der Waals surface area contributed by atoms with Gasteiger partial charge >= 0.3 is 0 Å². The molecule has 0 radical (unpaired) electrons. The second-order valence-corrected chi connectivity index (χ2v) is 5.16. The number of rotatable bonds is 7. The molecular weight excluding hydrogens is 288 g/mol. The summed E-state index contributed by atoms with van der Waals surface area (Å²) < 4.78 is 11.0. The van der Waals surface area contributed by atoms with Gasteiger partial charge in [0.1, 0.15) is 0 Å². The minimum atomic E-state index is 0.0389. The zero-order chi connectivity index (χ0) is 15.1. The van der Waals surface area contributed by atoms with Gasteiger partial charge in [0, 0.05) is 10.9 Å². The van der Waals surface area contributed by atoms with Crippen LogP contribution in [0.2, 0.25) is 5.02 Å². The summed E-state index contributed by atoms with van der Waals surface area (Å²) in [7, 11) is 1.62. The molecule has 1 unspecified atom stereocenters. The van der Waals surface area contributed by atoms with Crippen LogP contribution in [0.15, 0.2) is 48.5 Å². The molecule has 0 fully saturated rings. The normalized spacial score (nSPS) is 12.0. The molecule has 0 saturated carbocycles. The molecule has 0 saturated heterocycles. The minimum Gasteiger partial charge on any atom is -0.493 e. The van der Waals surface area contributed by atoms with E-state index in [1.807, 2.05) is 48.5 Å². The molecule has 0 aliphatic carbocycles. The van der Waals surface area contributed by atoms with E-state index in [-0.39, 0.29) is 12.5 Å². The van der Waals surface area contributed by atoms with Crippen LogP contribution < -0.4 is 9.47 Å². The van der Waals surface area contributed by atoms with Crippen LogP contribution in [0.5, 0.6) is 11.5 Å². The van der Waals surface area contributed by atoms with Crippen molar-refractivity contribution in [2.24, 2.45) is 0 Å². The minimum absolute atomic E-state index is 0.0389. The fraction of sp³-hybridized carbons (Fsp3) is 0.294. The van der Waals surface area contributed by atoms with E-state index in [9.17, 15) is 5.11 Å². The van der Waals surface area contributed by atoms with Crippen LogP contribution >= 0.6 is 11.6 Å². The lowest BCUT2D eigenvalue weighted by atomic mass is 9.97. The van der Waals surface area contributed by atoms with Gasteiger partial charge in [-0.05, 0) is 36.2 Å². The van der Waals surface area contributed by atoms with Crippen molar-refractivity contribution in [3.63, 3.8) is 0 Å². The third-order valence-electron chi connectivity index (χ3n) is 3.35. The van der Waals surface area contributed by atoms with Crippen LogP contribution in [-0.2, 0) is 0 Å². The molecule has 2 aromatic carbocycles. The van der Waals surface area contributed by atoms with Gasteiger partial charge in [-0.25, -0.2) is 0 Å². The van der Waals surface area contributed by atoms with Crippen molar-refractivity contribution in [1.82, 2.24) is 0 Å². The molecule has 0 aliphatic rings. The van der Waals surface area contributed by atoms with Crippen molar-refractivity contribution in [3.05, 3.63) is 59.1 Å². The molecule has 0 spiro atoms. The Hall–Kier alpha value is -1.71. The Kier molecular flexibility index (Phi) is 5.90. The summed E-state index contributed by atoms with van der Waals surface area (Å²) in [5.41, 5.74) is 1.06. The monoisotopic (exact) mass is 306 g/mol. The van der Waals surface area contributed by atoms with E-state index in [0.717, 1.165) is 12.0 Å². The van der Waals surface area contributed by atoms with Crippen molar-refractivity contribution < 1.29 is 14.6 Å². The summed E-state index contributed by atoms with van der Waals surface area (Å²) in [5, 5.41) is 10.2. The van der Waals surface area contributed by atoms with E-state index >= 15 is 0 Å². The lowest BCUT2D eigenvalue weighted by Gasteiger charge is -2.16. The second-order valence-electron chi connectivity index (χ2n) is 4.72. The molecule has 0 heterocycles. The van der Waals surface area contributed by atoms with Gasteiger partial charge in [-0.1, -0.05) is 35.9 Å². The molecule has 1 N–H and O–H groups in total. The predicted molar refractivity (Wildman–Crippen MR) is 84.4 cm³/mol. The topological polar surface area (TPSA) is 38.7 Å². The lowest BCUT2D eigenvalue weighted by Crippen LogP contribution is -2.10. The average Bonchev–Trinajstić information content (AvgIpc) is 2.53. The summed E-state index contributed by atoms with van der Waals surface area (Å²) in [5.74, 6) is 1.47. The number of aliphatic hydroxyl groups is 1. The Morgan fingerprint density at radius 2 is 1.71 bits per heavy atom. The van der Waals surface area contributed by atoms with Crippen molar-refractivity contribution in [2.75, 3.05) is 20.3 Å². The molecule has 2 aromatic rings. The molecule has 0 amide bonds. The van der Waals surface area contributed by atoms with Gasteiger partial charge in [0.2, 0.25) is 0 Å². The number of hydrogen-bond donors (Lipinski definition) is 1. The number of aliphatic hydroxyl groups excluding tert-OH is 1. The molecule has 21 heavy (non-hydrogen) atoms. The highest BCUT2D eigenvalue weighted by Crippen LogP contribution is 2.27. The highest BCUT2D eigenvalue weighted by molar-refractivity contribution is 6.30. The second kappa shape index (κ2) is 7.91. The maximum absolute atomic E-state index is 9.53. The third kappa shape index (κ3) is 4.38. The number of methoxy groups -OCH3 is 1. The van der Waals surface area contributed by atoms with Gasteiger partial charge in [0.25, 0.3) is 0 Å². The first-order chi connectivity index (χ1) is 10.2. The lowest BCUT2D eigenvalue weighted by molar-refractivity contribution is 0.225. The fourth-order valence-electron chi connectivity index (χ4n) is 2.15. The highest BCUT2D eigenvalue weighted by Gasteiger charge is 2.11. The standard InChI is InChI=1S/C17H19ClO3/c1-20-16-4-2-3-5-17(16)21-11-10-14(12-19)13-6-8-15(18)9-7-13/h2-9,14,19H,10-12H2,1H3. The van der Waals surface area contributed by atoms with E-state index in [4.69, 9.17) is 21.1 Å². The van der Waals surface area contributed by atoms with Crippen molar-refractivity contribution in [3.8, 4) is 11.5 Å². The summed E-state index contributed by atoms with van der Waals surface area (Å²) in [4.78, 5) is 0. The van der Waals surface area contributed by atoms with Crippen LogP contribution in [-0.4, -0.2) is 25.4 Å². The summed E-state index contributed by atoms with van der Waals surface area (Å²) >= 11 is 5.88. The Morgan fingerprint density at radius 3 is 2.33 bits per heavy atom. The molecule has 0 aliphatic heterocycles. The molecule has 112 valence electrons. The Bertz CT molecular complexity index is 554. The number of benzene rings is 2. The molecule has 2 rings (SSSR count). The Balaban J connectivity index is 1.93. The Labute approximate surface area is 130 Å². The van der Waals surface area contributed by atoms with E-state index in [1.165, 1.54) is 0 Å². The Morgan fingerprint density at radius 1 is 1.05 bits per heavy atom. The zero-order valence-electron chi connectivity index (χ0n) is 12.0. The quantitative estimate of drug-likeness (QED) is 0.843. The SMILES string of the molecule is COc1ccccc1OCCC(CO)c1ccc(Cl)cc1. The van der Waals surface area contributed by atoms with E-state index < -0.39 is 0 Å². The van der Waals surface area contributed by atoms with Crippen LogP contribution in [0.4, 0.5) is 0 Å². The maximum atomic E-state index is 9.53. The summed E-state index contributed by atoms with van der Waals surface area (Å²) in [6.45, 7) is 0.588. The van der Waals surface area contributed by atoms with Crippen LogP contribution in [0, 0.1) is 0 Å². The molecular formula is C17H19ClO3. The van der Waals surface area contributed by atoms with Crippen LogP contribution in [0.3, 0.4) is 0 Å². The first-order valence-electron chi connectivity index (χ1n) is 6.86. The average molecular weight is 307 g/mol. The predicted octanol–water partition coefficient (Wildman–Crippen LogP) is 3.89. The third-order valence-corrected chi connectivity index (χ3v) is 3.61. The van der Waals surface area contributed by atoms with Crippen LogP contribution in [0.1, 0.15) is 17.9 Å². The first kappa shape index (κ1) is 15.7. The number of para-hydroxylation sites is 2.